The number of amides is 7. The van der Waals surface area contributed by atoms with Crippen LogP contribution in [0.2, 0.25) is 5.02 Å². The van der Waals surface area contributed by atoms with E-state index >= 15 is 0 Å². The van der Waals surface area contributed by atoms with Gasteiger partial charge in [0.05, 0.1) is 5.88 Å². The fraction of sp³-hybridized carbons (Fsp3) is 0.438. The maximum Gasteiger partial charge on any atom is 0.408 e. The summed E-state index contributed by atoms with van der Waals surface area (Å²) in [6, 6.07) is 8.65. The largest absolute Gasteiger partial charge is 0.444 e. The highest BCUT2D eigenvalue weighted by Gasteiger charge is 2.39. The molecule has 0 aromatic heterocycles. The first kappa shape index (κ1) is 35.6. The summed E-state index contributed by atoms with van der Waals surface area (Å²) in [5, 5.41) is 13.6. The van der Waals surface area contributed by atoms with E-state index in [1.807, 2.05) is 12.1 Å². The van der Waals surface area contributed by atoms with Crippen LogP contribution in [0, 0.1) is 0 Å². The number of anilines is 1. The van der Waals surface area contributed by atoms with Crippen molar-refractivity contribution in [1.29, 1.82) is 0 Å². The van der Waals surface area contributed by atoms with Gasteiger partial charge in [0.25, 0.3) is 5.91 Å². The number of carbonyl (C=O) groups is 6. The van der Waals surface area contributed by atoms with E-state index in [4.69, 9.17) is 16.3 Å². The molecule has 0 radical (unpaired) electrons. The molecule has 2 heterocycles. The predicted octanol–water partition coefficient (Wildman–Crippen LogP) is 3.69. The number of rotatable bonds is 11. The summed E-state index contributed by atoms with van der Waals surface area (Å²) in [4.78, 5) is 74.8. The van der Waals surface area contributed by atoms with Crippen molar-refractivity contribution in [2.24, 2.45) is 0 Å². The van der Waals surface area contributed by atoms with Crippen molar-refractivity contribution in [2.45, 2.75) is 77.7 Å². The average molecular weight is 687 g/mol. The minimum absolute atomic E-state index is 0.188. The third-order valence-corrected chi connectivity index (χ3v) is 8.54. The summed E-state index contributed by atoms with van der Waals surface area (Å²) in [7, 11) is 0. The number of carbonyl (C=O) groups excluding carboxylic acids is 6. The number of alkyl carbamates (subject to hydrolysis) is 1. The molecular weight excluding hydrogens is 648 g/mol. The Morgan fingerprint density at radius 2 is 1.87 bits per heavy atom. The van der Waals surface area contributed by atoms with E-state index in [1.54, 1.807) is 52.0 Å². The topological polar surface area (TPSA) is 175 Å². The molecule has 0 saturated carbocycles. The Morgan fingerprint density at radius 3 is 2.57 bits per heavy atom. The molecule has 2 aliphatic rings. The number of benzene rings is 2. The lowest BCUT2D eigenvalue weighted by Crippen LogP contribution is -2.52. The molecule has 252 valence electrons. The Kier molecular flexibility index (Phi) is 11.7. The number of piperidine rings is 1. The van der Waals surface area contributed by atoms with Crippen molar-refractivity contribution in [1.82, 2.24) is 26.2 Å². The molecule has 7 amide bonds. The molecule has 0 bridgehead atoms. The van der Waals surface area contributed by atoms with Crippen molar-refractivity contribution in [3.63, 3.8) is 0 Å². The Bertz CT molecular complexity index is 1560. The maximum atomic E-state index is 12.9. The normalized spacial score (nSPS) is 16.6. The molecule has 1 fully saturated rings. The SMILES string of the molecule is C[C@H](NC(=O)OC(C)(C)C)C(=O)NCSCCc1ccc(NC(=O)NCc2ccc3c(c2)CN(C2CCC(=O)NC2=O)C3=O)cc1Cl. The molecule has 2 aliphatic heterocycles. The average Bonchev–Trinajstić information content (AvgIpc) is 3.30. The number of hydrogen-bond donors (Lipinski definition) is 5. The molecule has 4 rings (SSSR count). The van der Waals surface area contributed by atoms with E-state index < -0.39 is 35.7 Å². The summed E-state index contributed by atoms with van der Waals surface area (Å²) in [5.74, 6) is -0.337. The highest BCUT2D eigenvalue weighted by molar-refractivity contribution is 7.99. The van der Waals surface area contributed by atoms with Gasteiger partial charge in [-0.3, -0.25) is 24.5 Å². The third-order valence-electron chi connectivity index (χ3n) is 7.34. The minimum Gasteiger partial charge on any atom is -0.444 e. The second-order valence-corrected chi connectivity index (χ2v) is 13.7. The zero-order valence-corrected chi connectivity index (χ0v) is 28.2. The zero-order valence-electron chi connectivity index (χ0n) is 26.7. The van der Waals surface area contributed by atoms with Crippen LogP contribution >= 0.6 is 23.4 Å². The van der Waals surface area contributed by atoms with Gasteiger partial charge in [0.2, 0.25) is 17.7 Å². The van der Waals surface area contributed by atoms with Crippen molar-refractivity contribution in [3.05, 3.63) is 63.7 Å². The smallest absolute Gasteiger partial charge is 0.408 e. The first-order valence-corrected chi connectivity index (χ1v) is 16.7. The van der Waals surface area contributed by atoms with Gasteiger partial charge < -0.3 is 30.9 Å². The number of urea groups is 1. The second kappa shape index (κ2) is 15.5. The van der Waals surface area contributed by atoms with E-state index in [1.165, 1.54) is 16.7 Å². The lowest BCUT2D eigenvalue weighted by atomic mass is 10.0. The number of aryl methyl sites for hydroxylation is 1. The van der Waals surface area contributed by atoms with Crippen molar-refractivity contribution >= 4 is 64.8 Å². The van der Waals surface area contributed by atoms with Gasteiger partial charge in [-0.1, -0.05) is 29.8 Å². The standard InChI is InChI=1S/C32H39ClN6O7S/c1-18(36-31(45)46-32(2,3)4)27(41)35-17-47-12-11-20-6-7-22(14-24(20)33)37-30(44)34-15-19-5-8-23-21(13-19)16-39(29(23)43)25-9-10-26(40)38-28(25)42/h5-8,13-14,18,25H,9-12,15-17H2,1-4H3,(H,35,41)(H,36,45)(H2,34,37,44)(H,38,40,42)/t18-,25?/m0/s1. The first-order valence-electron chi connectivity index (χ1n) is 15.1. The molecule has 0 aliphatic carbocycles. The Hall–Kier alpha value is -4.30. The highest BCUT2D eigenvalue weighted by Crippen LogP contribution is 2.28. The molecular formula is C32H39ClN6O7S. The minimum atomic E-state index is -0.742. The lowest BCUT2D eigenvalue weighted by molar-refractivity contribution is -0.137. The van der Waals surface area contributed by atoms with E-state index in [9.17, 15) is 28.8 Å². The summed E-state index contributed by atoms with van der Waals surface area (Å²) < 4.78 is 5.16. The van der Waals surface area contributed by atoms with Crippen LogP contribution in [0.15, 0.2) is 36.4 Å². The van der Waals surface area contributed by atoms with Gasteiger partial charge in [-0.25, -0.2) is 9.59 Å². The Morgan fingerprint density at radius 1 is 1.11 bits per heavy atom. The van der Waals surface area contributed by atoms with Gasteiger partial charge in [-0.05, 0) is 81.2 Å². The number of nitrogens with one attached hydrogen (secondary N) is 5. The molecule has 13 nitrogen and oxygen atoms in total. The third kappa shape index (κ3) is 10.1. The first-order chi connectivity index (χ1) is 22.2. The van der Waals surface area contributed by atoms with Crippen LogP contribution in [0.3, 0.4) is 0 Å². The van der Waals surface area contributed by atoms with Crippen LogP contribution in [0.5, 0.6) is 0 Å². The van der Waals surface area contributed by atoms with Crippen LogP contribution in [0.1, 0.15) is 67.6 Å². The second-order valence-electron chi connectivity index (χ2n) is 12.2. The molecule has 5 N–H and O–H groups in total. The van der Waals surface area contributed by atoms with Crippen LogP contribution in [0.4, 0.5) is 15.3 Å². The molecule has 47 heavy (non-hydrogen) atoms. The highest BCUT2D eigenvalue weighted by atomic mass is 35.5. The quantitative estimate of drug-likeness (QED) is 0.135. The summed E-state index contributed by atoms with van der Waals surface area (Å²) in [6.07, 6.45) is 0.462. The number of imide groups is 1. The van der Waals surface area contributed by atoms with E-state index in [2.05, 4.69) is 26.6 Å². The Balaban J connectivity index is 1.17. The Labute approximate surface area is 282 Å². The lowest BCUT2D eigenvalue weighted by Gasteiger charge is -2.29. The fourth-order valence-corrected chi connectivity index (χ4v) is 6.03. The molecule has 1 unspecified atom stereocenters. The van der Waals surface area contributed by atoms with Gasteiger partial charge >= 0.3 is 12.1 Å². The van der Waals surface area contributed by atoms with Crippen molar-refractivity contribution in [2.75, 3.05) is 16.9 Å². The fourth-order valence-electron chi connectivity index (χ4n) is 5.00. The van der Waals surface area contributed by atoms with Crippen LogP contribution in [-0.4, -0.2) is 70.0 Å². The summed E-state index contributed by atoms with van der Waals surface area (Å²) >= 11 is 7.96. The van der Waals surface area contributed by atoms with Gasteiger partial charge in [-0.15, -0.1) is 11.8 Å². The van der Waals surface area contributed by atoms with Gasteiger partial charge in [-0.2, -0.15) is 0 Å². The van der Waals surface area contributed by atoms with Gasteiger partial charge in [0.15, 0.2) is 0 Å². The number of hydrogen-bond acceptors (Lipinski definition) is 8. The number of thioether (sulfide) groups is 1. The predicted molar refractivity (Wildman–Crippen MR) is 178 cm³/mol. The zero-order chi connectivity index (χ0) is 34.3. The molecule has 2 atom stereocenters. The number of halogens is 1. The number of nitrogens with zero attached hydrogens (tertiary/aromatic N) is 1. The van der Waals surface area contributed by atoms with Crippen LogP contribution in [0.25, 0.3) is 0 Å². The number of ether oxygens (including phenoxy) is 1. The molecule has 2 aromatic rings. The van der Waals surface area contributed by atoms with Crippen molar-refractivity contribution < 1.29 is 33.5 Å². The van der Waals surface area contributed by atoms with E-state index in [0.717, 1.165) is 16.7 Å². The molecule has 0 spiro atoms. The van der Waals surface area contributed by atoms with E-state index in [-0.39, 0.29) is 37.2 Å². The summed E-state index contributed by atoms with van der Waals surface area (Å²) in [6.45, 7) is 7.28. The summed E-state index contributed by atoms with van der Waals surface area (Å²) in [5.41, 5.74) is 2.79. The monoisotopic (exact) mass is 686 g/mol. The van der Waals surface area contributed by atoms with Crippen LogP contribution in [-0.2, 0) is 38.6 Å². The molecule has 15 heteroatoms. The van der Waals surface area contributed by atoms with Gasteiger partial charge in [0, 0.05) is 35.8 Å². The molecule has 1 saturated heterocycles. The van der Waals surface area contributed by atoms with Crippen LogP contribution < -0.4 is 26.6 Å². The van der Waals surface area contributed by atoms with Crippen molar-refractivity contribution in [3.8, 4) is 0 Å². The maximum absolute atomic E-state index is 12.9. The van der Waals surface area contributed by atoms with Gasteiger partial charge in [0.1, 0.15) is 17.7 Å². The molecule has 2 aromatic carbocycles. The van der Waals surface area contributed by atoms with E-state index in [0.29, 0.717) is 40.7 Å². The number of fused-ring (bicyclic) bond motifs is 1.